The Bertz CT molecular complexity index is 976. The van der Waals surface area contributed by atoms with Gasteiger partial charge in [0.15, 0.2) is 0 Å². The van der Waals surface area contributed by atoms with E-state index in [0.717, 1.165) is 33.3 Å². The van der Waals surface area contributed by atoms with E-state index in [1.54, 1.807) is 17.4 Å². The summed E-state index contributed by atoms with van der Waals surface area (Å²) in [6, 6.07) is 15.5. The largest absolute Gasteiger partial charge is 0.487 e. The van der Waals surface area contributed by atoms with E-state index in [9.17, 15) is 4.79 Å². The number of carbonyl (C=O) groups excluding carboxylic acids is 1. The zero-order valence-corrected chi connectivity index (χ0v) is 17.1. The summed E-state index contributed by atoms with van der Waals surface area (Å²) in [7, 11) is 0. The Kier molecular flexibility index (Phi) is 6.61. The van der Waals surface area contributed by atoms with Gasteiger partial charge in [0, 0.05) is 22.7 Å². The summed E-state index contributed by atoms with van der Waals surface area (Å²) in [6.45, 7) is 6.60. The number of amides is 1. The monoisotopic (exact) mass is 392 g/mol. The number of carbonyl (C=O) groups is 1. The molecule has 4 nitrogen and oxygen atoms in total. The van der Waals surface area contributed by atoms with Crippen molar-refractivity contribution < 1.29 is 9.53 Å². The van der Waals surface area contributed by atoms with Gasteiger partial charge in [-0.05, 0) is 36.6 Å². The Balaban J connectivity index is 1.68. The molecule has 1 aromatic heterocycles. The van der Waals surface area contributed by atoms with Crippen molar-refractivity contribution in [2.24, 2.45) is 0 Å². The number of hydrogen-bond acceptors (Lipinski definition) is 4. The molecular formula is C23H24N2O2S. The molecule has 0 unspecified atom stereocenters. The van der Waals surface area contributed by atoms with Crippen molar-refractivity contribution in [2.45, 2.75) is 33.3 Å². The van der Waals surface area contributed by atoms with Gasteiger partial charge in [-0.2, -0.15) is 0 Å². The molecule has 0 saturated heterocycles. The number of aromatic nitrogens is 1. The second-order valence-electron chi connectivity index (χ2n) is 6.75. The van der Waals surface area contributed by atoms with E-state index in [0.29, 0.717) is 12.5 Å². The summed E-state index contributed by atoms with van der Waals surface area (Å²) < 4.78 is 5.90. The van der Waals surface area contributed by atoms with Crippen molar-refractivity contribution in [3.8, 4) is 5.75 Å². The van der Waals surface area contributed by atoms with Gasteiger partial charge in [0.1, 0.15) is 12.4 Å². The Labute approximate surface area is 169 Å². The molecule has 3 aromatic rings. The average Bonchev–Trinajstić information content (AvgIpc) is 3.11. The molecule has 144 valence electrons. The molecular weight excluding hydrogens is 368 g/mol. The van der Waals surface area contributed by atoms with Gasteiger partial charge >= 0.3 is 0 Å². The minimum atomic E-state index is -0.168. The fourth-order valence-corrected chi connectivity index (χ4v) is 3.43. The third-order valence-corrected chi connectivity index (χ3v) is 5.04. The van der Waals surface area contributed by atoms with Crippen LogP contribution in [-0.2, 0) is 11.4 Å². The molecule has 0 bridgehead atoms. The van der Waals surface area contributed by atoms with E-state index in [1.807, 2.05) is 60.8 Å². The summed E-state index contributed by atoms with van der Waals surface area (Å²) in [5.41, 5.74) is 3.72. The van der Waals surface area contributed by atoms with E-state index < -0.39 is 0 Å². The summed E-state index contributed by atoms with van der Waals surface area (Å²) in [4.78, 5) is 16.8. The molecule has 1 N–H and O–H groups in total. The molecule has 0 radical (unpaired) electrons. The minimum absolute atomic E-state index is 0.168. The van der Waals surface area contributed by atoms with Gasteiger partial charge in [0.2, 0.25) is 5.91 Å². The van der Waals surface area contributed by atoms with Crippen LogP contribution in [0, 0.1) is 6.92 Å². The second-order valence-corrected chi connectivity index (χ2v) is 7.81. The number of nitrogens with one attached hydrogen (secondary N) is 1. The molecule has 0 aliphatic heterocycles. The minimum Gasteiger partial charge on any atom is -0.487 e. The van der Waals surface area contributed by atoms with Gasteiger partial charge < -0.3 is 10.1 Å². The van der Waals surface area contributed by atoms with Crippen molar-refractivity contribution >= 4 is 29.0 Å². The molecule has 28 heavy (non-hydrogen) atoms. The third-order valence-electron chi connectivity index (χ3n) is 4.22. The van der Waals surface area contributed by atoms with Crippen molar-refractivity contribution in [1.29, 1.82) is 0 Å². The number of aryl methyl sites for hydroxylation is 1. The highest BCUT2D eigenvalue weighted by atomic mass is 32.1. The van der Waals surface area contributed by atoms with Gasteiger partial charge in [0.25, 0.3) is 0 Å². The maximum Gasteiger partial charge on any atom is 0.248 e. The first kappa shape index (κ1) is 19.8. The summed E-state index contributed by atoms with van der Waals surface area (Å²) in [5, 5.41) is 5.98. The molecule has 0 saturated carbocycles. The van der Waals surface area contributed by atoms with Crippen LogP contribution >= 0.6 is 11.3 Å². The van der Waals surface area contributed by atoms with E-state index in [4.69, 9.17) is 4.74 Å². The van der Waals surface area contributed by atoms with E-state index >= 15 is 0 Å². The predicted octanol–water partition coefficient (Wildman–Crippen LogP) is 5.81. The number of hydrogen-bond donors (Lipinski definition) is 1. The highest BCUT2D eigenvalue weighted by Gasteiger charge is 2.08. The van der Waals surface area contributed by atoms with Crippen molar-refractivity contribution in [1.82, 2.24) is 4.98 Å². The van der Waals surface area contributed by atoms with Crippen molar-refractivity contribution in [3.05, 3.63) is 81.8 Å². The molecule has 0 spiro atoms. The smallest absolute Gasteiger partial charge is 0.248 e. The number of rotatable bonds is 7. The molecule has 0 atom stereocenters. The lowest BCUT2D eigenvalue weighted by Gasteiger charge is -2.12. The Hall–Kier alpha value is -2.92. The number of ether oxygens (including phenoxy) is 1. The molecule has 0 aliphatic carbocycles. The molecule has 3 rings (SSSR count). The fraction of sp³-hybridized carbons (Fsp3) is 0.217. The number of anilines is 1. The van der Waals surface area contributed by atoms with Gasteiger partial charge in [0.05, 0.1) is 10.7 Å². The zero-order valence-electron chi connectivity index (χ0n) is 16.3. The van der Waals surface area contributed by atoms with Crippen LogP contribution in [0.1, 0.15) is 41.6 Å². The van der Waals surface area contributed by atoms with E-state index in [-0.39, 0.29) is 5.91 Å². The third kappa shape index (κ3) is 5.30. The van der Waals surface area contributed by atoms with Gasteiger partial charge in [-0.1, -0.05) is 50.2 Å². The standard InChI is InChI=1S/C23H24N2O2S/c1-16(2)20-9-5-6-10-21(20)25-23(26)13-12-18-8-4-7-11-22(18)27-14-19-15-28-17(3)24-19/h4-13,15-16H,14H2,1-3H3,(H,25,26)/b13-12+. The number of para-hydroxylation sites is 2. The van der Waals surface area contributed by atoms with E-state index in [1.165, 1.54) is 6.08 Å². The lowest BCUT2D eigenvalue weighted by molar-refractivity contribution is -0.111. The Morgan fingerprint density at radius 3 is 2.68 bits per heavy atom. The van der Waals surface area contributed by atoms with Gasteiger partial charge in [-0.25, -0.2) is 4.98 Å². The van der Waals surface area contributed by atoms with Crippen LogP contribution in [0.5, 0.6) is 5.75 Å². The Morgan fingerprint density at radius 2 is 1.93 bits per heavy atom. The highest BCUT2D eigenvalue weighted by Crippen LogP contribution is 2.24. The first-order valence-corrected chi connectivity index (χ1v) is 10.1. The van der Waals surface area contributed by atoms with Crippen LogP contribution in [0.3, 0.4) is 0 Å². The zero-order chi connectivity index (χ0) is 19.9. The lowest BCUT2D eigenvalue weighted by atomic mass is 10.0. The SMILES string of the molecule is Cc1nc(COc2ccccc2/C=C/C(=O)Nc2ccccc2C(C)C)cs1. The maximum atomic E-state index is 12.4. The van der Waals surface area contributed by atoms with E-state index in [2.05, 4.69) is 24.1 Å². The molecule has 0 fully saturated rings. The molecule has 1 heterocycles. The molecule has 5 heteroatoms. The van der Waals surface area contributed by atoms with Crippen LogP contribution in [0.4, 0.5) is 5.69 Å². The number of nitrogens with zero attached hydrogens (tertiary/aromatic N) is 1. The van der Waals surface area contributed by atoms with Crippen LogP contribution in [-0.4, -0.2) is 10.9 Å². The van der Waals surface area contributed by atoms with Crippen molar-refractivity contribution in [2.75, 3.05) is 5.32 Å². The first-order valence-electron chi connectivity index (χ1n) is 9.23. The normalized spacial score (nSPS) is 11.1. The topological polar surface area (TPSA) is 51.2 Å². The molecule has 2 aromatic carbocycles. The predicted molar refractivity (Wildman–Crippen MR) is 116 cm³/mol. The molecule has 1 amide bonds. The fourth-order valence-electron chi connectivity index (χ4n) is 2.83. The summed E-state index contributed by atoms with van der Waals surface area (Å²) in [5.74, 6) is 0.891. The molecule has 0 aliphatic rings. The quantitative estimate of drug-likeness (QED) is 0.517. The highest BCUT2D eigenvalue weighted by molar-refractivity contribution is 7.09. The van der Waals surface area contributed by atoms with Gasteiger partial charge in [-0.3, -0.25) is 4.79 Å². The van der Waals surface area contributed by atoms with Crippen LogP contribution in [0.15, 0.2) is 60.0 Å². The lowest BCUT2D eigenvalue weighted by Crippen LogP contribution is -2.10. The first-order chi connectivity index (χ1) is 13.5. The summed E-state index contributed by atoms with van der Waals surface area (Å²) in [6.07, 6.45) is 3.31. The number of thiazole rings is 1. The van der Waals surface area contributed by atoms with Crippen molar-refractivity contribution in [3.63, 3.8) is 0 Å². The second kappa shape index (κ2) is 9.33. The van der Waals surface area contributed by atoms with Gasteiger partial charge in [-0.15, -0.1) is 11.3 Å². The summed E-state index contributed by atoms with van der Waals surface area (Å²) >= 11 is 1.60. The maximum absolute atomic E-state index is 12.4. The van der Waals surface area contributed by atoms with Crippen LogP contribution in [0.25, 0.3) is 6.08 Å². The van der Waals surface area contributed by atoms with Crippen LogP contribution in [0.2, 0.25) is 0 Å². The Morgan fingerprint density at radius 1 is 1.18 bits per heavy atom. The van der Waals surface area contributed by atoms with Crippen LogP contribution < -0.4 is 10.1 Å². The average molecular weight is 393 g/mol. The number of benzene rings is 2.